The molecule has 0 atom stereocenters. The van der Waals surface area contributed by atoms with Gasteiger partial charge in [-0.15, -0.1) is 0 Å². The molecule has 1 aliphatic rings. The van der Waals surface area contributed by atoms with E-state index in [0.717, 1.165) is 10.4 Å². The van der Waals surface area contributed by atoms with Crippen molar-refractivity contribution in [3.05, 3.63) is 22.6 Å². The van der Waals surface area contributed by atoms with Crippen LogP contribution in [0, 0.1) is 5.41 Å². The van der Waals surface area contributed by atoms with Gasteiger partial charge in [-0.25, -0.2) is 0 Å². The van der Waals surface area contributed by atoms with Crippen LogP contribution in [0.4, 0.5) is 0 Å². The van der Waals surface area contributed by atoms with E-state index in [1.807, 2.05) is 6.07 Å². The molecule has 1 aliphatic carbocycles. The molecule has 2 heteroatoms. The van der Waals surface area contributed by atoms with Gasteiger partial charge in [-0.3, -0.25) is 0 Å². The monoisotopic (exact) mass is 256 g/mol. The molecule has 0 spiro atoms. The van der Waals surface area contributed by atoms with E-state index in [2.05, 4.69) is 35.8 Å². The van der Waals surface area contributed by atoms with Gasteiger partial charge in [0, 0.05) is 5.92 Å². The Morgan fingerprint density at radius 2 is 1.93 bits per heavy atom. The molecule has 1 aromatic heterocycles. The third kappa shape index (κ3) is 2.22. The van der Waals surface area contributed by atoms with Gasteiger partial charge in [0.25, 0.3) is 0 Å². The van der Waals surface area contributed by atoms with Gasteiger partial charge in [-0.1, -0.05) is 13.8 Å². The first-order valence-corrected chi connectivity index (χ1v) is 6.11. The van der Waals surface area contributed by atoms with Gasteiger partial charge in [0.15, 0.2) is 4.67 Å². The first kappa shape index (κ1) is 10.3. The molecule has 0 saturated heterocycles. The van der Waals surface area contributed by atoms with Crippen molar-refractivity contribution in [2.24, 2.45) is 5.41 Å². The summed E-state index contributed by atoms with van der Waals surface area (Å²) < 4.78 is 6.47. The molecule has 0 unspecified atom stereocenters. The van der Waals surface area contributed by atoms with Crippen molar-refractivity contribution in [3.63, 3.8) is 0 Å². The Labute approximate surface area is 94.0 Å². The molecular formula is C12H17BrO. The summed E-state index contributed by atoms with van der Waals surface area (Å²) in [5.74, 6) is 1.81. The molecular weight excluding hydrogens is 240 g/mol. The SMILES string of the molecule is CC1(C)CCC(c2ccc(Br)o2)CC1. The summed E-state index contributed by atoms with van der Waals surface area (Å²) in [5.41, 5.74) is 0.542. The maximum Gasteiger partial charge on any atom is 0.169 e. The Hall–Kier alpha value is -0.240. The third-order valence-corrected chi connectivity index (χ3v) is 3.76. The average Bonchev–Trinajstić information content (AvgIpc) is 2.52. The minimum absolute atomic E-state index is 0.542. The second kappa shape index (κ2) is 3.73. The van der Waals surface area contributed by atoms with E-state index in [1.54, 1.807) is 0 Å². The molecule has 2 rings (SSSR count). The van der Waals surface area contributed by atoms with Gasteiger partial charge in [0.2, 0.25) is 0 Å². The summed E-state index contributed by atoms with van der Waals surface area (Å²) >= 11 is 3.35. The number of hydrogen-bond donors (Lipinski definition) is 0. The van der Waals surface area contributed by atoms with E-state index < -0.39 is 0 Å². The quantitative estimate of drug-likeness (QED) is 0.709. The van der Waals surface area contributed by atoms with E-state index in [0.29, 0.717) is 11.3 Å². The summed E-state index contributed by atoms with van der Waals surface area (Å²) in [4.78, 5) is 0. The minimum atomic E-state index is 0.542. The van der Waals surface area contributed by atoms with Gasteiger partial charge >= 0.3 is 0 Å². The van der Waals surface area contributed by atoms with E-state index >= 15 is 0 Å². The summed E-state index contributed by atoms with van der Waals surface area (Å²) in [6.45, 7) is 4.72. The first-order chi connectivity index (χ1) is 6.57. The zero-order valence-corrected chi connectivity index (χ0v) is 10.4. The van der Waals surface area contributed by atoms with Crippen molar-refractivity contribution >= 4 is 15.9 Å². The smallest absolute Gasteiger partial charge is 0.169 e. The summed E-state index contributed by atoms with van der Waals surface area (Å²) in [5, 5.41) is 0. The summed E-state index contributed by atoms with van der Waals surface area (Å²) in [6.07, 6.45) is 5.17. The number of furan rings is 1. The minimum Gasteiger partial charge on any atom is -0.454 e. The van der Waals surface area contributed by atoms with Gasteiger partial charge in [-0.05, 0) is 59.2 Å². The zero-order valence-electron chi connectivity index (χ0n) is 8.85. The second-order valence-corrected chi connectivity index (χ2v) is 5.86. The van der Waals surface area contributed by atoms with Crippen molar-refractivity contribution < 1.29 is 4.42 Å². The molecule has 14 heavy (non-hydrogen) atoms. The molecule has 1 heterocycles. The summed E-state index contributed by atoms with van der Waals surface area (Å²) in [7, 11) is 0. The number of halogens is 1. The highest BCUT2D eigenvalue weighted by molar-refractivity contribution is 9.10. The Morgan fingerprint density at radius 1 is 1.29 bits per heavy atom. The van der Waals surface area contributed by atoms with Crippen LogP contribution in [0.1, 0.15) is 51.2 Å². The van der Waals surface area contributed by atoms with E-state index in [-0.39, 0.29) is 0 Å². The molecule has 0 aromatic carbocycles. The summed E-state index contributed by atoms with van der Waals surface area (Å²) in [6, 6.07) is 4.10. The van der Waals surface area contributed by atoms with Crippen LogP contribution in [0.3, 0.4) is 0 Å². The standard InChI is InChI=1S/C12H17BrO/c1-12(2)7-5-9(6-8-12)10-3-4-11(13)14-10/h3-4,9H,5-8H2,1-2H3. The second-order valence-electron chi connectivity index (χ2n) is 5.08. The number of rotatable bonds is 1. The van der Waals surface area contributed by atoms with Crippen LogP contribution in [0.2, 0.25) is 0 Å². The molecule has 0 amide bonds. The molecule has 0 N–H and O–H groups in total. The molecule has 1 nitrogen and oxygen atoms in total. The van der Waals surface area contributed by atoms with Crippen LogP contribution in [0.5, 0.6) is 0 Å². The topological polar surface area (TPSA) is 13.1 Å². The normalized spacial score (nSPS) is 22.5. The molecule has 0 radical (unpaired) electrons. The van der Waals surface area contributed by atoms with Gasteiger partial charge < -0.3 is 4.42 Å². The molecule has 0 bridgehead atoms. The lowest BCUT2D eigenvalue weighted by Crippen LogP contribution is -2.19. The van der Waals surface area contributed by atoms with Gasteiger partial charge in [-0.2, -0.15) is 0 Å². The highest BCUT2D eigenvalue weighted by Crippen LogP contribution is 2.42. The lowest BCUT2D eigenvalue weighted by Gasteiger charge is -2.33. The Kier molecular flexibility index (Phi) is 2.74. The van der Waals surface area contributed by atoms with Crippen LogP contribution >= 0.6 is 15.9 Å². The fraction of sp³-hybridized carbons (Fsp3) is 0.667. The highest BCUT2D eigenvalue weighted by atomic mass is 79.9. The van der Waals surface area contributed by atoms with Crippen LogP contribution in [-0.4, -0.2) is 0 Å². The van der Waals surface area contributed by atoms with Crippen LogP contribution in [0.25, 0.3) is 0 Å². The Balaban J connectivity index is 2.02. The maximum atomic E-state index is 5.61. The van der Waals surface area contributed by atoms with E-state index in [9.17, 15) is 0 Å². The molecule has 1 fully saturated rings. The average molecular weight is 257 g/mol. The van der Waals surface area contributed by atoms with Crippen molar-refractivity contribution in [2.75, 3.05) is 0 Å². The predicted molar refractivity (Wildman–Crippen MR) is 61.4 cm³/mol. The fourth-order valence-corrected chi connectivity index (χ4v) is 2.55. The van der Waals surface area contributed by atoms with Gasteiger partial charge in [0.1, 0.15) is 5.76 Å². The zero-order chi connectivity index (χ0) is 10.2. The highest BCUT2D eigenvalue weighted by Gasteiger charge is 2.28. The number of hydrogen-bond acceptors (Lipinski definition) is 1. The molecule has 0 aliphatic heterocycles. The maximum absolute atomic E-state index is 5.61. The van der Waals surface area contributed by atoms with Crippen LogP contribution in [0.15, 0.2) is 21.2 Å². The van der Waals surface area contributed by atoms with Crippen molar-refractivity contribution in [3.8, 4) is 0 Å². The lowest BCUT2D eigenvalue weighted by atomic mass is 9.72. The molecule has 1 saturated carbocycles. The van der Waals surface area contributed by atoms with Crippen LogP contribution < -0.4 is 0 Å². The Morgan fingerprint density at radius 3 is 2.43 bits per heavy atom. The lowest BCUT2D eigenvalue weighted by molar-refractivity contribution is 0.211. The Bertz CT molecular complexity index is 304. The fourth-order valence-electron chi connectivity index (χ4n) is 2.23. The molecule has 78 valence electrons. The van der Waals surface area contributed by atoms with E-state index in [4.69, 9.17) is 4.42 Å². The third-order valence-electron chi connectivity index (χ3n) is 3.34. The van der Waals surface area contributed by atoms with E-state index in [1.165, 1.54) is 25.7 Å². The van der Waals surface area contributed by atoms with Gasteiger partial charge in [0.05, 0.1) is 0 Å². The van der Waals surface area contributed by atoms with Crippen molar-refractivity contribution in [1.82, 2.24) is 0 Å². The van der Waals surface area contributed by atoms with Crippen molar-refractivity contribution in [1.29, 1.82) is 0 Å². The predicted octanol–water partition coefficient (Wildman–Crippen LogP) is 4.73. The first-order valence-electron chi connectivity index (χ1n) is 5.32. The van der Waals surface area contributed by atoms with Crippen molar-refractivity contribution in [2.45, 2.75) is 45.4 Å². The largest absolute Gasteiger partial charge is 0.454 e. The molecule has 1 aromatic rings. The van der Waals surface area contributed by atoms with Crippen LogP contribution in [-0.2, 0) is 0 Å².